The van der Waals surface area contributed by atoms with Crippen LogP contribution >= 0.6 is 11.6 Å². The Morgan fingerprint density at radius 1 is 0.784 bits per heavy atom. The number of aryl methyl sites for hydroxylation is 2. The van der Waals surface area contributed by atoms with Gasteiger partial charge in [-0.05, 0) is 78.4 Å². The summed E-state index contributed by atoms with van der Waals surface area (Å²) in [5, 5.41) is 24.1. The SMILES string of the molecule is COc1cc(S(=O)(=O)O)c(Nc2nc(Cl)nc(Nc3ccc(N=Nc4c(N)c(C)cc5cc(C)cc(O)c45)c(S(=O)(=O)O)c3)n2)cc1S(=O)(=O)O. The standard InChI is InChI=1S/C28H25ClN8O11S3/c1-12-6-14-8-13(2)24(30)25(23(14)18(38)7-12)37-36-16-5-4-15(9-20(16)49(39,40)41)31-27-33-26(29)34-28(35-27)32-17-10-22(51(45,46)47)19(48-3)11-21(17)50(42,43)44/h4-11,38H,30H2,1-3H3,(H,39,40,41)(H,42,43,44)(H,45,46,47)(H2,31,32,33,34,35). The zero-order valence-corrected chi connectivity index (χ0v) is 29.4. The number of hydrogen-bond donors (Lipinski definition) is 7. The molecular formula is C28H25ClN8O11S3. The second-order valence-electron chi connectivity index (χ2n) is 10.6. The molecule has 268 valence electrons. The third-order valence-electron chi connectivity index (χ3n) is 7.01. The first kappa shape index (κ1) is 37.0. The van der Waals surface area contributed by atoms with Crippen molar-refractivity contribution in [3.63, 3.8) is 0 Å². The van der Waals surface area contributed by atoms with E-state index in [1.54, 1.807) is 26.0 Å². The summed E-state index contributed by atoms with van der Waals surface area (Å²) < 4.78 is 107. The molecule has 0 spiro atoms. The second-order valence-corrected chi connectivity index (χ2v) is 15.2. The summed E-state index contributed by atoms with van der Waals surface area (Å²) in [5.74, 6) is -1.65. The number of rotatable bonds is 10. The van der Waals surface area contributed by atoms with E-state index in [1.807, 2.05) is 0 Å². The lowest BCUT2D eigenvalue weighted by Crippen LogP contribution is -2.10. The van der Waals surface area contributed by atoms with E-state index >= 15 is 0 Å². The fourth-order valence-electron chi connectivity index (χ4n) is 4.81. The number of fused-ring (bicyclic) bond motifs is 1. The quantitative estimate of drug-likeness (QED) is 0.0541. The maximum atomic E-state index is 12.4. The molecule has 5 aromatic rings. The van der Waals surface area contributed by atoms with Gasteiger partial charge in [0, 0.05) is 11.8 Å². The van der Waals surface area contributed by atoms with Gasteiger partial charge in [0.2, 0.25) is 17.2 Å². The lowest BCUT2D eigenvalue weighted by atomic mass is 10.0. The van der Waals surface area contributed by atoms with Crippen LogP contribution < -0.4 is 21.1 Å². The van der Waals surface area contributed by atoms with Gasteiger partial charge in [-0.3, -0.25) is 13.7 Å². The minimum absolute atomic E-state index is 0.0554. The number of nitrogens with one attached hydrogen (secondary N) is 2. The molecule has 0 aliphatic carbocycles. The van der Waals surface area contributed by atoms with Crippen molar-refractivity contribution in [2.24, 2.45) is 10.2 Å². The van der Waals surface area contributed by atoms with Gasteiger partial charge in [0.15, 0.2) is 0 Å². The summed E-state index contributed by atoms with van der Waals surface area (Å²) in [6.07, 6.45) is 0. The maximum absolute atomic E-state index is 12.4. The zero-order chi connectivity index (χ0) is 37.6. The van der Waals surface area contributed by atoms with Crippen LogP contribution in [0.3, 0.4) is 0 Å². The molecule has 1 aromatic heterocycles. The van der Waals surface area contributed by atoms with Crippen LogP contribution in [0.25, 0.3) is 10.8 Å². The highest BCUT2D eigenvalue weighted by molar-refractivity contribution is 7.86. The van der Waals surface area contributed by atoms with Crippen LogP contribution in [0.4, 0.5) is 40.3 Å². The number of methoxy groups -OCH3 is 1. The Morgan fingerprint density at radius 2 is 1.41 bits per heavy atom. The predicted octanol–water partition coefficient (Wildman–Crippen LogP) is 5.23. The summed E-state index contributed by atoms with van der Waals surface area (Å²) in [5.41, 5.74) is 6.82. The number of nitrogens with zero attached hydrogens (tertiary/aromatic N) is 5. The Hall–Kier alpha value is -5.23. The van der Waals surface area contributed by atoms with E-state index < -0.39 is 67.7 Å². The third kappa shape index (κ3) is 8.06. The van der Waals surface area contributed by atoms with Gasteiger partial charge >= 0.3 is 0 Å². The largest absolute Gasteiger partial charge is 0.507 e. The van der Waals surface area contributed by atoms with Crippen LogP contribution in [-0.4, -0.2) is 66.1 Å². The van der Waals surface area contributed by atoms with Gasteiger partial charge in [-0.1, -0.05) is 6.07 Å². The number of anilines is 5. The topological polar surface area (TPSA) is 306 Å². The molecule has 0 amide bonds. The molecule has 5 rings (SSSR count). The number of nitrogens with two attached hydrogens (primary N) is 1. The van der Waals surface area contributed by atoms with Gasteiger partial charge in [0.05, 0.1) is 23.9 Å². The van der Waals surface area contributed by atoms with Crippen molar-refractivity contribution >= 4 is 93.1 Å². The minimum Gasteiger partial charge on any atom is -0.507 e. The van der Waals surface area contributed by atoms with Crippen LogP contribution in [0.2, 0.25) is 5.28 Å². The average molecular weight is 781 g/mol. The lowest BCUT2D eigenvalue weighted by Gasteiger charge is -2.14. The van der Waals surface area contributed by atoms with E-state index in [2.05, 4.69) is 35.8 Å². The van der Waals surface area contributed by atoms with Gasteiger partial charge in [-0.15, -0.1) is 10.2 Å². The zero-order valence-electron chi connectivity index (χ0n) is 26.2. The minimum atomic E-state index is -5.04. The second kappa shape index (κ2) is 13.5. The molecule has 8 N–H and O–H groups in total. The van der Waals surface area contributed by atoms with E-state index in [0.29, 0.717) is 23.1 Å². The molecule has 0 aliphatic heterocycles. The van der Waals surface area contributed by atoms with Crippen LogP contribution in [0, 0.1) is 13.8 Å². The Bertz CT molecular complexity index is 2620. The number of nitrogen functional groups attached to an aromatic ring is 1. The molecular weight excluding hydrogens is 756 g/mol. The van der Waals surface area contributed by atoms with E-state index in [0.717, 1.165) is 18.7 Å². The average Bonchev–Trinajstić information content (AvgIpc) is 3.00. The monoisotopic (exact) mass is 780 g/mol. The van der Waals surface area contributed by atoms with Crippen LogP contribution in [0.15, 0.2) is 73.4 Å². The third-order valence-corrected chi connectivity index (χ3v) is 9.83. The molecule has 0 fully saturated rings. The first-order valence-electron chi connectivity index (χ1n) is 13.8. The smallest absolute Gasteiger partial charge is 0.298 e. The Balaban J connectivity index is 1.53. The van der Waals surface area contributed by atoms with E-state index in [4.69, 9.17) is 22.1 Å². The number of aromatic hydroxyl groups is 1. The molecule has 51 heavy (non-hydrogen) atoms. The summed E-state index contributed by atoms with van der Waals surface area (Å²) in [6, 6.07) is 9.70. The highest BCUT2D eigenvalue weighted by atomic mass is 35.5. The summed E-state index contributed by atoms with van der Waals surface area (Å²) in [7, 11) is -14.0. The van der Waals surface area contributed by atoms with Crippen LogP contribution in [0.5, 0.6) is 11.5 Å². The summed E-state index contributed by atoms with van der Waals surface area (Å²) in [4.78, 5) is 9.13. The lowest BCUT2D eigenvalue weighted by molar-refractivity contribution is 0.395. The fourth-order valence-corrected chi connectivity index (χ4v) is 6.93. The van der Waals surface area contributed by atoms with Crippen LogP contribution in [-0.2, 0) is 30.4 Å². The van der Waals surface area contributed by atoms with Crippen molar-refractivity contribution in [1.82, 2.24) is 15.0 Å². The van der Waals surface area contributed by atoms with E-state index in [-0.39, 0.29) is 39.8 Å². The summed E-state index contributed by atoms with van der Waals surface area (Å²) >= 11 is 6.02. The Kier molecular flexibility index (Phi) is 9.79. The molecule has 0 saturated carbocycles. The maximum Gasteiger partial charge on any atom is 0.298 e. The normalized spacial score (nSPS) is 12.4. The number of phenolic OH excluding ortho intramolecular Hbond substituents is 1. The molecule has 0 radical (unpaired) electrons. The molecule has 0 unspecified atom stereocenters. The van der Waals surface area contributed by atoms with Crippen molar-refractivity contribution in [2.45, 2.75) is 28.5 Å². The van der Waals surface area contributed by atoms with Gasteiger partial charge in [-0.2, -0.15) is 40.2 Å². The Morgan fingerprint density at radius 3 is 2.02 bits per heavy atom. The van der Waals surface area contributed by atoms with E-state index in [9.17, 15) is 44.0 Å². The first-order chi connectivity index (χ1) is 23.6. The van der Waals surface area contributed by atoms with E-state index in [1.165, 1.54) is 18.2 Å². The molecule has 0 saturated heterocycles. The van der Waals surface area contributed by atoms with Crippen molar-refractivity contribution in [3.05, 3.63) is 64.9 Å². The number of azo groups is 1. The van der Waals surface area contributed by atoms with Crippen LogP contribution in [0.1, 0.15) is 11.1 Å². The highest BCUT2D eigenvalue weighted by Crippen LogP contribution is 2.42. The van der Waals surface area contributed by atoms with Crippen molar-refractivity contribution < 1.29 is 48.8 Å². The molecule has 1 heterocycles. The fraction of sp³-hybridized carbons (Fsp3) is 0.107. The van der Waals surface area contributed by atoms with Gasteiger partial charge in [-0.25, -0.2) is 0 Å². The number of phenols is 1. The molecule has 19 nitrogen and oxygen atoms in total. The van der Waals surface area contributed by atoms with Gasteiger partial charge < -0.3 is 26.2 Å². The number of halogens is 1. The molecule has 0 aliphatic rings. The van der Waals surface area contributed by atoms with Crippen molar-refractivity contribution in [2.75, 3.05) is 23.5 Å². The van der Waals surface area contributed by atoms with Gasteiger partial charge in [0.1, 0.15) is 37.6 Å². The molecule has 23 heteroatoms. The molecule has 4 aromatic carbocycles. The highest BCUT2D eigenvalue weighted by Gasteiger charge is 2.26. The van der Waals surface area contributed by atoms with Crippen molar-refractivity contribution in [1.29, 1.82) is 0 Å². The van der Waals surface area contributed by atoms with Crippen molar-refractivity contribution in [3.8, 4) is 11.5 Å². The predicted molar refractivity (Wildman–Crippen MR) is 184 cm³/mol. The first-order valence-corrected chi connectivity index (χ1v) is 18.5. The van der Waals surface area contributed by atoms with Gasteiger partial charge in [0.25, 0.3) is 30.4 Å². The number of hydrogen-bond acceptors (Lipinski definition) is 16. The summed E-state index contributed by atoms with van der Waals surface area (Å²) in [6.45, 7) is 3.50. The number of ether oxygens (including phenoxy) is 1. The Labute approximate surface area is 294 Å². The number of benzene rings is 4. The number of aromatic nitrogens is 3. The molecule has 0 atom stereocenters. The molecule has 0 bridgehead atoms.